The van der Waals surface area contributed by atoms with Crippen molar-refractivity contribution in [2.24, 2.45) is 0 Å². The fraction of sp³-hybridized carbons (Fsp3) is 0.409. The van der Waals surface area contributed by atoms with Crippen molar-refractivity contribution in [3.63, 3.8) is 0 Å². The lowest BCUT2D eigenvalue weighted by Crippen LogP contribution is -2.31. The summed E-state index contributed by atoms with van der Waals surface area (Å²) in [4.78, 5) is 14.4. The summed E-state index contributed by atoms with van der Waals surface area (Å²) in [6.07, 6.45) is 5.41. The zero-order valence-electron chi connectivity index (χ0n) is 14.9. The topological polar surface area (TPSA) is 40.5 Å². The highest BCUT2D eigenvalue weighted by Gasteiger charge is 2.13. The van der Waals surface area contributed by atoms with Crippen LogP contribution >= 0.6 is 0 Å². The molecule has 0 aromatic heterocycles. The van der Waals surface area contributed by atoms with Crippen molar-refractivity contribution in [3.8, 4) is 0 Å². The second-order valence-electron chi connectivity index (χ2n) is 6.42. The Morgan fingerprint density at radius 2 is 1.44 bits per heavy atom. The lowest BCUT2D eigenvalue weighted by molar-refractivity contribution is -0.132. The van der Waals surface area contributed by atoms with Crippen molar-refractivity contribution in [3.05, 3.63) is 71.8 Å². The number of hydrogen-bond acceptors (Lipinski definition) is 2. The monoisotopic (exact) mass is 339 g/mol. The van der Waals surface area contributed by atoms with E-state index >= 15 is 0 Å². The van der Waals surface area contributed by atoms with Gasteiger partial charge in [0, 0.05) is 26.1 Å². The van der Waals surface area contributed by atoms with E-state index < -0.39 is 0 Å². The zero-order chi connectivity index (χ0) is 17.7. The summed E-state index contributed by atoms with van der Waals surface area (Å²) < 4.78 is 0. The summed E-state index contributed by atoms with van der Waals surface area (Å²) in [6, 6.07) is 20.5. The summed E-state index contributed by atoms with van der Waals surface area (Å²) in [5, 5.41) is 9.08. The van der Waals surface area contributed by atoms with Crippen LogP contribution in [-0.4, -0.2) is 29.1 Å². The van der Waals surface area contributed by atoms with Gasteiger partial charge in [0.25, 0.3) is 0 Å². The van der Waals surface area contributed by atoms with Crippen molar-refractivity contribution < 1.29 is 9.90 Å². The Kier molecular flexibility index (Phi) is 8.78. The van der Waals surface area contributed by atoms with Gasteiger partial charge in [0.15, 0.2) is 0 Å². The molecular weight excluding hydrogens is 310 g/mol. The SMILES string of the molecule is O=C(CCCCCc1ccccc1)N(CCCO)Cc1ccccc1. The molecule has 0 aliphatic heterocycles. The molecule has 2 aromatic carbocycles. The van der Waals surface area contributed by atoms with Crippen LogP contribution in [0, 0.1) is 0 Å². The average molecular weight is 339 g/mol. The highest BCUT2D eigenvalue weighted by Crippen LogP contribution is 2.11. The van der Waals surface area contributed by atoms with Crippen LogP contribution in [0.5, 0.6) is 0 Å². The van der Waals surface area contributed by atoms with Gasteiger partial charge < -0.3 is 10.0 Å². The summed E-state index contributed by atoms with van der Waals surface area (Å²) in [6.45, 7) is 1.37. The van der Waals surface area contributed by atoms with Gasteiger partial charge in [0.2, 0.25) is 5.91 Å². The van der Waals surface area contributed by atoms with Gasteiger partial charge in [-0.1, -0.05) is 67.1 Å². The number of nitrogens with zero attached hydrogens (tertiary/aromatic N) is 1. The van der Waals surface area contributed by atoms with Crippen molar-refractivity contribution in [2.75, 3.05) is 13.2 Å². The molecule has 0 unspecified atom stereocenters. The standard InChI is InChI=1S/C22H29NO2/c24-18-10-17-23(19-21-14-7-2-8-15-21)22(25)16-9-3-6-13-20-11-4-1-5-12-20/h1-2,4-5,7-8,11-12,14-15,24H,3,6,9-10,13,16-19H2. The molecule has 1 N–H and O–H groups in total. The molecule has 2 rings (SSSR count). The maximum Gasteiger partial charge on any atom is 0.222 e. The van der Waals surface area contributed by atoms with Crippen LogP contribution in [0.4, 0.5) is 0 Å². The fourth-order valence-electron chi connectivity index (χ4n) is 2.94. The number of benzene rings is 2. The van der Waals surface area contributed by atoms with Crippen LogP contribution in [0.25, 0.3) is 0 Å². The summed E-state index contributed by atoms with van der Waals surface area (Å²) in [7, 11) is 0. The number of aliphatic hydroxyl groups is 1. The van der Waals surface area contributed by atoms with Gasteiger partial charge in [-0.15, -0.1) is 0 Å². The number of carbonyl (C=O) groups excluding carboxylic acids is 1. The smallest absolute Gasteiger partial charge is 0.222 e. The third-order valence-corrected chi connectivity index (χ3v) is 4.35. The third kappa shape index (κ3) is 7.53. The Hall–Kier alpha value is -2.13. The van der Waals surface area contributed by atoms with Crippen molar-refractivity contribution >= 4 is 5.91 Å². The van der Waals surface area contributed by atoms with Crippen LogP contribution in [0.1, 0.15) is 43.2 Å². The van der Waals surface area contributed by atoms with E-state index in [9.17, 15) is 4.79 Å². The molecule has 0 spiro atoms. The van der Waals surface area contributed by atoms with Crippen molar-refractivity contribution in [2.45, 2.75) is 45.1 Å². The number of carbonyl (C=O) groups is 1. The summed E-state index contributed by atoms with van der Waals surface area (Å²) in [5.41, 5.74) is 2.50. The Morgan fingerprint density at radius 1 is 0.800 bits per heavy atom. The third-order valence-electron chi connectivity index (χ3n) is 4.35. The second-order valence-corrected chi connectivity index (χ2v) is 6.42. The van der Waals surface area contributed by atoms with E-state index in [2.05, 4.69) is 24.3 Å². The van der Waals surface area contributed by atoms with Gasteiger partial charge in [0.1, 0.15) is 0 Å². The predicted octanol–water partition coefficient (Wildman–Crippen LogP) is 4.20. The molecule has 0 bridgehead atoms. The zero-order valence-corrected chi connectivity index (χ0v) is 14.9. The van der Waals surface area contributed by atoms with E-state index in [0.717, 1.165) is 31.2 Å². The quantitative estimate of drug-likeness (QED) is 0.623. The normalized spacial score (nSPS) is 10.6. The molecule has 0 radical (unpaired) electrons. The minimum Gasteiger partial charge on any atom is -0.396 e. The molecule has 0 atom stereocenters. The van der Waals surface area contributed by atoms with Gasteiger partial charge in [-0.3, -0.25) is 4.79 Å². The van der Waals surface area contributed by atoms with Crippen LogP contribution in [-0.2, 0) is 17.8 Å². The van der Waals surface area contributed by atoms with Gasteiger partial charge in [-0.2, -0.15) is 0 Å². The number of aryl methyl sites for hydroxylation is 1. The van der Waals surface area contributed by atoms with Gasteiger partial charge in [0.05, 0.1) is 0 Å². The molecule has 3 nitrogen and oxygen atoms in total. The lowest BCUT2D eigenvalue weighted by Gasteiger charge is -2.22. The highest BCUT2D eigenvalue weighted by atomic mass is 16.3. The van der Waals surface area contributed by atoms with E-state index in [4.69, 9.17) is 5.11 Å². The van der Waals surface area contributed by atoms with Crippen LogP contribution in [0.15, 0.2) is 60.7 Å². The minimum absolute atomic E-state index is 0.121. The second kappa shape index (κ2) is 11.4. The van der Waals surface area contributed by atoms with Crippen LogP contribution in [0.3, 0.4) is 0 Å². The maximum atomic E-state index is 12.5. The number of unbranched alkanes of at least 4 members (excludes halogenated alkanes) is 2. The molecule has 134 valence electrons. The molecule has 0 saturated heterocycles. The number of amides is 1. The van der Waals surface area contributed by atoms with E-state index in [-0.39, 0.29) is 12.5 Å². The van der Waals surface area contributed by atoms with E-state index in [1.807, 2.05) is 41.3 Å². The first-order valence-electron chi connectivity index (χ1n) is 9.26. The molecule has 3 heteroatoms. The molecule has 0 heterocycles. The predicted molar refractivity (Wildman–Crippen MR) is 102 cm³/mol. The van der Waals surface area contributed by atoms with Crippen LogP contribution in [0.2, 0.25) is 0 Å². The molecule has 0 fully saturated rings. The molecule has 0 aliphatic rings. The molecule has 2 aromatic rings. The van der Waals surface area contributed by atoms with E-state index in [0.29, 0.717) is 25.9 Å². The van der Waals surface area contributed by atoms with Crippen LogP contribution < -0.4 is 0 Å². The average Bonchev–Trinajstić information content (AvgIpc) is 2.66. The molecule has 0 aliphatic carbocycles. The fourth-order valence-corrected chi connectivity index (χ4v) is 2.94. The van der Waals surface area contributed by atoms with Gasteiger partial charge in [-0.05, 0) is 36.8 Å². The van der Waals surface area contributed by atoms with E-state index in [1.165, 1.54) is 5.56 Å². The summed E-state index contributed by atoms with van der Waals surface area (Å²) in [5.74, 6) is 0.192. The Labute approximate surface area is 151 Å². The molecule has 1 amide bonds. The first-order valence-corrected chi connectivity index (χ1v) is 9.26. The number of hydrogen-bond donors (Lipinski definition) is 1. The first-order chi connectivity index (χ1) is 12.3. The molecular formula is C22H29NO2. The summed E-state index contributed by atoms with van der Waals surface area (Å²) >= 11 is 0. The molecule has 25 heavy (non-hydrogen) atoms. The van der Waals surface area contributed by atoms with Crippen molar-refractivity contribution in [1.29, 1.82) is 0 Å². The van der Waals surface area contributed by atoms with Gasteiger partial charge in [-0.25, -0.2) is 0 Å². The Morgan fingerprint density at radius 3 is 2.08 bits per heavy atom. The molecule has 0 saturated carbocycles. The van der Waals surface area contributed by atoms with Gasteiger partial charge >= 0.3 is 0 Å². The van der Waals surface area contributed by atoms with E-state index in [1.54, 1.807) is 0 Å². The number of aliphatic hydroxyl groups excluding tert-OH is 1. The van der Waals surface area contributed by atoms with Crippen molar-refractivity contribution in [1.82, 2.24) is 4.90 Å². The maximum absolute atomic E-state index is 12.5. The Balaban J connectivity index is 1.72. The minimum atomic E-state index is 0.121. The largest absolute Gasteiger partial charge is 0.396 e. The lowest BCUT2D eigenvalue weighted by atomic mass is 10.1. The first kappa shape index (κ1) is 19.2. The Bertz CT molecular complexity index is 598. The number of rotatable bonds is 11. The highest BCUT2D eigenvalue weighted by molar-refractivity contribution is 5.76.